The zero-order valence-corrected chi connectivity index (χ0v) is 11.3. The highest BCUT2D eigenvalue weighted by atomic mass is 79.9. The van der Waals surface area contributed by atoms with Crippen molar-refractivity contribution in [2.24, 2.45) is 5.73 Å². The van der Waals surface area contributed by atoms with Crippen molar-refractivity contribution in [2.75, 3.05) is 6.61 Å². The molecule has 4 nitrogen and oxygen atoms in total. The van der Waals surface area contributed by atoms with E-state index in [0.29, 0.717) is 15.7 Å². The number of carbonyl (C=O) groups is 1. The predicted octanol–water partition coefficient (Wildman–Crippen LogP) is 2.35. The van der Waals surface area contributed by atoms with Gasteiger partial charge in [-0.25, -0.2) is 13.8 Å². The highest BCUT2D eigenvalue weighted by Gasteiger charge is 2.17. The lowest BCUT2D eigenvalue weighted by Crippen LogP contribution is -2.12. The van der Waals surface area contributed by atoms with Crippen LogP contribution < -0.4 is 5.73 Å². The van der Waals surface area contributed by atoms with Crippen molar-refractivity contribution in [1.29, 1.82) is 0 Å². The smallest absolute Gasteiger partial charge is 0.310 e. The van der Waals surface area contributed by atoms with E-state index in [0.717, 1.165) is 0 Å². The Kier molecular flexibility index (Phi) is 5.61. The maximum absolute atomic E-state index is 12.6. The molecule has 7 heteroatoms. The normalized spacial score (nSPS) is 10.8. The van der Waals surface area contributed by atoms with Crippen LogP contribution in [0.15, 0.2) is 10.5 Å². The van der Waals surface area contributed by atoms with Gasteiger partial charge in [0.2, 0.25) is 0 Å². The molecule has 0 unspecified atom stereocenters. The Labute approximate surface area is 112 Å². The van der Waals surface area contributed by atoms with Gasteiger partial charge < -0.3 is 10.5 Å². The first kappa shape index (κ1) is 15.0. The Hall–Kier alpha value is -1.08. The van der Waals surface area contributed by atoms with Crippen molar-refractivity contribution in [1.82, 2.24) is 4.98 Å². The van der Waals surface area contributed by atoms with Gasteiger partial charge in [0.05, 0.1) is 18.7 Å². The van der Waals surface area contributed by atoms with Crippen molar-refractivity contribution in [3.8, 4) is 0 Å². The second kappa shape index (κ2) is 6.75. The standard InChI is InChI=1S/C11H13BrF2N2O2/c1-2-18-9(17)4-6-3-7(11(13)14)16-8(5-15)10(6)12/h3,11H,2,4-5,15H2,1H3. The number of pyridine rings is 1. The third-order valence-corrected chi connectivity index (χ3v) is 3.15. The van der Waals surface area contributed by atoms with E-state index in [1.54, 1.807) is 6.92 Å². The number of hydrogen-bond donors (Lipinski definition) is 1. The van der Waals surface area contributed by atoms with E-state index in [1.807, 2.05) is 0 Å². The summed E-state index contributed by atoms with van der Waals surface area (Å²) in [6, 6.07) is 1.19. The van der Waals surface area contributed by atoms with Gasteiger partial charge in [-0.3, -0.25) is 4.79 Å². The second-order valence-electron chi connectivity index (χ2n) is 3.45. The number of ether oxygens (including phenoxy) is 1. The molecule has 0 aliphatic rings. The number of rotatable bonds is 5. The zero-order chi connectivity index (χ0) is 13.7. The Morgan fingerprint density at radius 2 is 2.28 bits per heavy atom. The fourth-order valence-corrected chi connectivity index (χ4v) is 1.91. The van der Waals surface area contributed by atoms with E-state index in [-0.39, 0.29) is 19.6 Å². The van der Waals surface area contributed by atoms with Gasteiger partial charge in [0.25, 0.3) is 6.43 Å². The number of nitrogens with two attached hydrogens (primary N) is 1. The van der Waals surface area contributed by atoms with Crippen LogP contribution in [0.4, 0.5) is 8.78 Å². The molecule has 0 atom stereocenters. The molecule has 1 rings (SSSR count). The van der Waals surface area contributed by atoms with Gasteiger partial charge in [0.15, 0.2) is 0 Å². The SMILES string of the molecule is CCOC(=O)Cc1cc(C(F)F)nc(CN)c1Br. The van der Waals surface area contributed by atoms with E-state index in [2.05, 4.69) is 20.9 Å². The Morgan fingerprint density at radius 3 is 2.78 bits per heavy atom. The molecule has 0 radical (unpaired) electrons. The van der Waals surface area contributed by atoms with Crippen LogP contribution in [0.2, 0.25) is 0 Å². The number of carbonyl (C=O) groups excluding carboxylic acids is 1. The predicted molar refractivity (Wildman–Crippen MR) is 65.1 cm³/mol. The van der Waals surface area contributed by atoms with Gasteiger partial charge in [0.1, 0.15) is 5.69 Å². The molecule has 100 valence electrons. The molecule has 0 fully saturated rings. The summed E-state index contributed by atoms with van der Waals surface area (Å²) in [5.74, 6) is -0.479. The highest BCUT2D eigenvalue weighted by Crippen LogP contribution is 2.26. The lowest BCUT2D eigenvalue weighted by Gasteiger charge is -2.10. The highest BCUT2D eigenvalue weighted by molar-refractivity contribution is 9.10. The average Bonchev–Trinajstić information content (AvgIpc) is 2.31. The number of esters is 1. The molecule has 18 heavy (non-hydrogen) atoms. The molecule has 1 aromatic heterocycles. The summed E-state index contributed by atoms with van der Waals surface area (Å²) in [6.45, 7) is 1.93. The molecule has 1 heterocycles. The van der Waals surface area contributed by atoms with Gasteiger partial charge in [-0.1, -0.05) is 0 Å². The van der Waals surface area contributed by atoms with Crippen LogP contribution >= 0.6 is 15.9 Å². The Morgan fingerprint density at radius 1 is 1.61 bits per heavy atom. The van der Waals surface area contributed by atoms with E-state index in [1.165, 1.54) is 6.07 Å². The average molecular weight is 323 g/mol. The summed E-state index contributed by atoms with van der Waals surface area (Å²) < 4.78 is 30.5. The molecule has 0 saturated heterocycles. The Balaban J connectivity index is 3.08. The monoisotopic (exact) mass is 322 g/mol. The molecule has 1 aromatic rings. The minimum absolute atomic E-state index is 0.0109. The molecule has 0 aromatic carbocycles. The number of halogens is 3. The van der Waals surface area contributed by atoms with Gasteiger partial charge in [-0.2, -0.15) is 0 Å². The zero-order valence-electron chi connectivity index (χ0n) is 9.75. The largest absolute Gasteiger partial charge is 0.466 e. The minimum Gasteiger partial charge on any atom is -0.466 e. The fourth-order valence-electron chi connectivity index (χ4n) is 1.41. The van der Waals surface area contributed by atoms with Gasteiger partial charge >= 0.3 is 5.97 Å². The van der Waals surface area contributed by atoms with Crippen LogP contribution in [-0.4, -0.2) is 17.6 Å². The van der Waals surface area contributed by atoms with Crippen LogP contribution in [0, 0.1) is 0 Å². The molecular weight excluding hydrogens is 310 g/mol. The number of hydrogen-bond acceptors (Lipinski definition) is 4. The van der Waals surface area contributed by atoms with Crippen LogP contribution in [0.3, 0.4) is 0 Å². The van der Waals surface area contributed by atoms with E-state index in [9.17, 15) is 13.6 Å². The summed E-state index contributed by atoms with van der Waals surface area (Å²) in [5, 5.41) is 0. The molecule has 0 amide bonds. The van der Waals surface area contributed by atoms with Crippen molar-refractivity contribution in [3.05, 3.63) is 27.5 Å². The topological polar surface area (TPSA) is 65.2 Å². The molecule has 0 bridgehead atoms. The molecular formula is C11H13BrF2N2O2. The quantitative estimate of drug-likeness (QED) is 0.845. The van der Waals surface area contributed by atoms with Crippen LogP contribution in [0.5, 0.6) is 0 Å². The third kappa shape index (κ3) is 3.71. The first-order valence-electron chi connectivity index (χ1n) is 5.31. The number of alkyl halides is 2. The molecule has 0 aliphatic heterocycles. The summed E-state index contributed by atoms with van der Waals surface area (Å²) in [5.41, 5.74) is 5.73. The first-order valence-corrected chi connectivity index (χ1v) is 6.10. The summed E-state index contributed by atoms with van der Waals surface area (Å²) in [4.78, 5) is 15.1. The van der Waals surface area contributed by atoms with Crippen molar-refractivity contribution in [2.45, 2.75) is 26.3 Å². The lowest BCUT2D eigenvalue weighted by atomic mass is 10.1. The van der Waals surface area contributed by atoms with Crippen LogP contribution in [0.1, 0.15) is 30.3 Å². The van der Waals surface area contributed by atoms with Crippen molar-refractivity contribution < 1.29 is 18.3 Å². The molecule has 0 aliphatic carbocycles. The van der Waals surface area contributed by atoms with Crippen LogP contribution in [-0.2, 0) is 22.5 Å². The van der Waals surface area contributed by atoms with Gasteiger partial charge in [-0.05, 0) is 34.5 Å². The van der Waals surface area contributed by atoms with E-state index < -0.39 is 18.1 Å². The maximum Gasteiger partial charge on any atom is 0.310 e. The van der Waals surface area contributed by atoms with Gasteiger partial charge in [0, 0.05) is 11.0 Å². The summed E-state index contributed by atoms with van der Waals surface area (Å²) in [6.07, 6.45) is -2.80. The molecule has 2 N–H and O–H groups in total. The minimum atomic E-state index is -2.70. The lowest BCUT2D eigenvalue weighted by molar-refractivity contribution is -0.142. The first-order chi connectivity index (χ1) is 8.49. The second-order valence-corrected chi connectivity index (χ2v) is 4.25. The Bertz CT molecular complexity index is 441. The third-order valence-electron chi connectivity index (χ3n) is 2.18. The van der Waals surface area contributed by atoms with Crippen LogP contribution in [0.25, 0.3) is 0 Å². The number of aromatic nitrogens is 1. The van der Waals surface area contributed by atoms with E-state index in [4.69, 9.17) is 10.5 Å². The number of nitrogens with zero attached hydrogens (tertiary/aromatic N) is 1. The summed E-state index contributed by atoms with van der Waals surface area (Å²) >= 11 is 3.21. The molecule has 0 saturated carbocycles. The fraction of sp³-hybridized carbons (Fsp3) is 0.455. The maximum atomic E-state index is 12.6. The van der Waals surface area contributed by atoms with E-state index >= 15 is 0 Å². The van der Waals surface area contributed by atoms with Gasteiger partial charge in [-0.15, -0.1) is 0 Å². The van der Waals surface area contributed by atoms with Crippen molar-refractivity contribution >= 4 is 21.9 Å². The summed E-state index contributed by atoms with van der Waals surface area (Å²) in [7, 11) is 0. The molecule has 0 spiro atoms. The van der Waals surface area contributed by atoms with Crippen molar-refractivity contribution in [3.63, 3.8) is 0 Å².